The Balaban J connectivity index is 1.44. The lowest BCUT2D eigenvalue weighted by molar-refractivity contribution is -0.176. The van der Waals surface area contributed by atoms with Crippen LogP contribution in [0, 0.1) is 29.1 Å². The van der Waals surface area contributed by atoms with E-state index in [-0.39, 0.29) is 17.3 Å². The summed E-state index contributed by atoms with van der Waals surface area (Å²) >= 11 is 0. The number of hydrogen-bond acceptors (Lipinski definition) is 3. The van der Waals surface area contributed by atoms with Gasteiger partial charge in [0.25, 0.3) is 0 Å². The van der Waals surface area contributed by atoms with Crippen LogP contribution in [0.5, 0.6) is 0 Å². The van der Waals surface area contributed by atoms with Gasteiger partial charge in [0.1, 0.15) is 0 Å². The van der Waals surface area contributed by atoms with E-state index in [0.717, 1.165) is 44.3 Å². The monoisotopic (exact) mass is 330 g/mol. The van der Waals surface area contributed by atoms with E-state index in [0.29, 0.717) is 11.8 Å². The molecule has 24 heavy (non-hydrogen) atoms. The molecule has 1 N–H and O–H groups in total. The van der Waals surface area contributed by atoms with E-state index in [9.17, 15) is 5.11 Å². The first-order valence-electron chi connectivity index (χ1n) is 9.86. The van der Waals surface area contributed by atoms with Crippen molar-refractivity contribution in [2.24, 2.45) is 29.1 Å². The van der Waals surface area contributed by atoms with Crippen LogP contribution in [-0.4, -0.2) is 30.2 Å². The van der Waals surface area contributed by atoms with E-state index in [1.54, 1.807) is 5.57 Å². The standard InChI is InChI=1S/C21H30O3/c1-13-11-18(22)20(2)7-5-16-15-6-8-21(23-9-10-24-21)12-14(15)3-4-17(16)19(13)20/h3,11,15-19,22H,4-10,12H2,1-2H3/t15?,16?,17?,18?,19?,20-/m1/s1. The van der Waals surface area contributed by atoms with Gasteiger partial charge >= 0.3 is 0 Å². The largest absolute Gasteiger partial charge is 0.388 e. The molecule has 0 aromatic rings. The molecule has 0 aromatic heterocycles. The first-order valence-corrected chi connectivity index (χ1v) is 9.86. The highest BCUT2D eigenvalue weighted by molar-refractivity contribution is 5.29. The number of rotatable bonds is 0. The molecule has 0 radical (unpaired) electrons. The Morgan fingerprint density at radius 2 is 1.92 bits per heavy atom. The fourth-order valence-corrected chi connectivity index (χ4v) is 6.96. The van der Waals surface area contributed by atoms with Crippen LogP contribution >= 0.6 is 0 Å². The zero-order chi connectivity index (χ0) is 16.5. The molecule has 6 atom stereocenters. The van der Waals surface area contributed by atoms with Crippen LogP contribution in [-0.2, 0) is 9.47 Å². The normalized spacial score (nSPS) is 49.2. The molecule has 1 saturated heterocycles. The van der Waals surface area contributed by atoms with Crippen LogP contribution in [0.15, 0.2) is 23.3 Å². The summed E-state index contributed by atoms with van der Waals surface area (Å²) in [4.78, 5) is 0. The van der Waals surface area contributed by atoms with Crippen LogP contribution in [0.2, 0.25) is 0 Å². The van der Waals surface area contributed by atoms with Crippen molar-refractivity contribution in [1.82, 2.24) is 0 Å². The van der Waals surface area contributed by atoms with Crippen molar-refractivity contribution >= 4 is 0 Å². The van der Waals surface area contributed by atoms with Gasteiger partial charge in [-0.05, 0) is 56.3 Å². The van der Waals surface area contributed by atoms with Crippen molar-refractivity contribution < 1.29 is 14.6 Å². The fraction of sp³-hybridized carbons (Fsp3) is 0.810. The lowest BCUT2D eigenvalue weighted by Gasteiger charge is -2.54. The fourth-order valence-electron chi connectivity index (χ4n) is 6.96. The maximum absolute atomic E-state index is 10.6. The van der Waals surface area contributed by atoms with Crippen LogP contribution < -0.4 is 0 Å². The number of allylic oxidation sites excluding steroid dienone is 2. The van der Waals surface area contributed by atoms with Gasteiger partial charge in [0, 0.05) is 18.3 Å². The van der Waals surface area contributed by atoms with Gasteiger partial charge in [0.2, 0.25) is 0 Å². The average Bonchev–Trinajstić information content (AvgIpc) is 3.10. The second kappa shape index (κ2) is 5.18. The lowest BCUT2D eigenvalue weighted by Crippen LogP contribution is -2.49. The summed E-state index contributed by atoms with van der Waals surface area (Å²) in [5.74, 6) is 2.49. The van der Waals surface area contributed by atoms with Crippen molar-refractivity contribution in [3.8, 4) is 0 Å². The van der Waals surface area contributed by atoms with Crippen molar-refractivity contribution in [3.63, 3.8) is 0 Å². The van der Waals surface area contributed by atoms with Gasteiger partial charge in [0.05, 0.1) is 19.3 Å². The van der Waals surface area contributed by atoms with Gasteiger partial charge in [-0.2, -0.15) is 0 Å². The number of hydrogen-bond donors (Lipinski definition) is 1. The van der Waals surface area contributed by atoms with E-state index in [2.05, 4.69) is 26.0 Å². The molecule has 132 valence electrons. The second-order valence-corrected chi connectivity index (χ2v) is 9.15. The molecule has 5 rings (SSSR count). The van der Waals surface area contributed by atoms with E-state index < -0.39 is 0 Å². The average molecular weight is 330 g/mol. The van der Waals surface area contributed by atoms with Crippen LogP contribution in [0.25, 0.3) is 0 Å². The molecular formula is C21H30O3. The highest BCUT2D eigenvalue weighted by atomic mass is 16.7. The molecule has 5 unspecified atom stereocenters. The molecule has 1 aliphatic heterocycles. The molecule has 1 heterocycles. The molecule has 2 saturated carbocycles. The molecule has 0 aromatic carbocycles. The predicted molar refractivity (Wildman–Crippen MR) is 92.3 cm³/mol. The van der Waals surface area contributed by atoms with Crippen LogP contribution in [0.1, 0.15) is 52.4 Å². The number of aliphatic hydroxyl groups excluding tert-OH is 1. The van der Waals surface area contributed by atoms with Gasteiger partial charge in [-0.1, -0.05) is 30.2 Å². The summed E-state index contributed by atoms with van der Waals surface area (Å²) < 4.78 is 12.0. The first-order chi connectivity index (χ1) is 11.5. The molecule has 0 amide bonds. The minimum atomic E-state index is -0.294. The third-order valence-corrected chi connectivity index (χ3v) is 8.06. The molecule has 5 aliphatic rings. The molecule has 0 bridgehead atoms. The molecule has 4 aliphatic carbocycles. The zero-order valence-corrected chi connectivity index (χ0v) is 15.0. The van der Waals surface area contributed by atoms with Gasteiger partial charge in [-0.25, -0.2) is 0 Å². The van der Waals surface area contributed by atoms with Crippen molar-refractivity contribution in [3.05, 3.63) is 23.3 Å². The Kier molecular flexibility index (Phi) is 3.37. The number of fused-ring (bicyclic) bond motifs is 5. The van der Waals surface area contributed by atoms with E-state index in [4.69, 9.17) is 9.47 Å². The highest BCUT2D eigenvalue weighted by Crippen LogP contribution is 2.62. The summed E-state index contributed by atoms with van der Waals surface area (Å²) in [7, 11) is 0. The molecule has 3 fully saturated rings. The molecule has 1 spiro atoms. The summed E-state index contributed by atoms with van der Waals surface area (Å²) in [6, 6.07) is 0. The SMILES string of the molecule is CC1=CC(O)[C@@]2(C)CCC3C4CCC5(CC4=CCC3C12)OCCO5. The van der Waals surface area contributed by atoms with Crippen LogP contribution in [0.4, 0.5) is 0 Å². The van der Waals surface area contributed by atoms with Gasteiger partial charge in [0.15, 0.2) is 5.79 Å². The Bertz CT molecular complexity index is 600. The lowest BCUT2D eigenvalue weighted by atomic mass is 9.51. The Labute approximate surface area is 145 Å². The van der Waals surface area contributed by atoms with E-state index >= 15 is 0 Å². The van der Waals surface area contributed by atoms with Crippen LogP contribution in [0.3, 0.4) is 0 Å². The smallest absolute Gasteiger partial charge is 0.172 e. The molecule has 3 nitrogen and oxygen atoms in total. The van der Waals surface area contributed by atoms with Gasteiger partial charge in [-0.3, -0.25) is 0 Å². The summed E-state index contributed by atoms with van der Waals surface area (Å²) in [5, 5.41) is 10.6. The Hall–Kier alpha value is -0.640. The topological polar surface area (TPSA) is 38.7 Å². The van der Waals surface area contributed by atoms with Crippen molar-refractivity contribution in [1.29, 1.82) is 0 Å². The highest BCUT2D eigenvalue weighted by Gasteiger charge is 2.56. The van der Waals surface area contributed by atoms with E-state index in [1.807, 2.05) is 0 Å². The first kappa shape index (κ1) is 15.6. The maximum Gasteiger partial charge on any atom is 0.172 e. The summed E-state index contributed by atoms with van der Waals surface area (Å²) in [6.07, 6.45) is 11.3. The molecule has 3 heteroatoms. The van der Waals surface area contributed by atoms with Gasteiger partial charge < -0.3 is 14.6 Å². The number of ether oxygens (including phenoxy) is 2. The summed E-state index contributed by atoms with van der Waals surface area (Å²) in [6.45, 7) is 6.08. The zero-order valence-electron chi connectivity index (χ0n) is 15.0. The summed E-state index contributed by atoms with van der Waals surface area (Å²) in [5.41, 5.74) is 3.11. The minimum Gasteiger partial charge on any atom is -0.388 e. The maximum atomic E-state index is 10.6. The van der Waals surface area contributed by atoms with Crippen molar-refractivity contribution in [2.75, 3.05) is 13.2 Å². The second-order valence-electron chi connectivity index (χ2n) is 9.15. The Morgan fingerprint density at radius 1 is 1.12 bits per heavy atom. The minimum absolute atomic E-state index is 0.0736. The third kappa shape index (κ3) is 2.01. The third-order valence-electron chi connectivity index (χ3n) is 8.06. The molecular weight excluding hydrogens is 300 g/mol. The van der Waals surface area contributed by atoms with E-state index in [1.165, 1.54) is 24.8 Å². The van der Waals surface area contributed by atoms with Gasteiger partial charge in [-0.15, -0.1) is 0 Å². The van der Waals surface area contributed by atoms with Crippen molar-refractivity contribution in [2.45, 2.75) is 64.3 Å². The Morgan fingerprint density at radius 3 is 2.71 bits per heavy atom. The number of aliphatic hydroxyl groups is 1. The predicted octanol–water partition coefficient (Wildman–Crippen LogP) is 3.83. The quantitative estimate of drug-likeness (QED) is 0.686.